The summed E-state index contributed by atoms with van der Waals surface area (Å²) in [4.78, 5) is 11.0. The number of nitrogens with zero attached hydrogens (tertiary/aromatic N) is 1. The number of anilines is 1. The van der Waals surface area contributed by atoms with Crippen molar-refractivity contribution >= 4 is 31.6 Å². The molecule has 21 heavy (non-hydrogen) atoms. The van der Waals surface area contributed by atoms with Crippen LogP contribution >= 0.6 is 0 Å². The highest BCUT2D eigenvalue weighted by molar-refractivity contribution is 8.03. The minimum atomic E-state index is -4.38. The third kappa shape index (κ3) is 3.70. The third-order valence-electron chi connectivity index (χ3n) is 2.88. The van der Waals surface area contributed by atoms with Crippen LogP contribution in [0.5, 0.6) is 0 Å². The van der Waals surface area contributed by atoms with Crippen LogP contribution in [0.4, 0.5) is 10.1 Å². The molecule has 1 aliphatic rings. The summed E-state index contributed by atoms with van der Waals surface area (Å²) < 4.78 is 54.5. The standard InChI is InChI=1S/C11H13FN2O5S2/c12-8-4-3-5-9(10(8)11(15)16)13-21(18,19)14-20(17)6-1-2-7-20/h3-5,13H,1-2,6-7H2,(H,15,16). The summed E-state index contributed by atoms with van der Waals surface area (Å²) in [5, 5.41) is 8.92. The van der Waals surface area contributed by atoms with Crippen LogP contribution in [-0.2, 0) is 19.9 Å². The van der Waals surface area contributed by atoms with Crippen molar-refractivity contribution in [1.82, 2.24) is 0 Å². The Bertz CT molecular complexity index is 785. The summed E-state index contributed by atoms with van der Waals surface area (Å²) in [5.41, 5.74) is -1.26. The molecule has 0 aromatic heterocycles. The molecule has 10 heteroatoms. The van der Waals surface area contributed by atoms with Crippen LogP contribution in [0, 0.1) is 5.82 Å². The van der Waals surface area contributed by atoms with E-state index >= 15 is 0 Å². The van der Waals surface area contributed by atoms with Gasteiger partial charge in [0.2, 0.25) is 0 Å². The second-order valence-electron chi connectivity index (χ2n) is 4.51. The van der Waals surface area contributed by atoms with Gasteiger partial charge in [-0.2, -0.15) is 8.42 Å². The van der Waals surface area contributed by atoms with Crippen LogP contribution in [-0.4, -0.2) is 35.2 Å². The number of benzene rings is 1. The minimum Gasteiger partial charge on any atom is -0.478 e. The summed E-state index contributed by atoms with van der Waals surface area (Å²) in [6, 6.07) is 3.16. The lowest BCUT2D eigenvalue weighted by atomic mass is 10.2. The second-order valence-corrected chi connectivity index (χ2v) is 8.62. The lowest BCUT2D eigenvalue weighted by molar-refractivity contribution is 0.0693. The number of hydrogen-bond acceptors (Lipinski definition) is 4. The van der Waals surface area contributed by atoms with Gasteiger partial charge in [0.1, 0.15) is 11.4 Å². The number of nitrogens with one attached hydrogen (secondary N) is 1. The molecule has 0 radical (unpaired) electrons. The van der Waals surface area contributed by atoms with Crippen molar-refractivity contribution in [3.63, 3.8) is 0 Å². The normalized spacial score (nSPS) is 17.4. The Morgan fingerprint density at radius 3 is 2.52 bits per heavy atom. The highest BCUT2D eigenvalue weighted by Gasteiger charge is 2.23. The zero-order valence-corrected chi connectivity index (χ0v) is 12.4. The molecule has 1 fully saturated rings. The number of rotatable bonds is 4. The zero-order chi connectivity index (χ0) is 15.7. The second kappa shape index (κ2) is 5.60. The monoisotopic (exact) mass is 336 g/mol. The molecule has 1 aliphatic heterocycles. The first-order valence-electron chi connectivity index (χ1n) is 6.01. The Morgan fingerprint density at radius 1 is 1.33 bits per heavy atom. The maximum absolute atomic E-state index is 13.5. The van der Waals surface area contributed by atoms with E-state index in [2.05, 4.69) is 3.77 Å². The van der Waals surface area contributed by atoms with Gasteiger partial charge in [0.05, 0.1) is 15.4 Å². The summed E-state index contributed by atoms with van der Waals surface area (Å²) >= 11 is 0. The van der Waals surface area contributed by atoms with Gasteiger partial charge in [-0.3, -0.25) is 4.72 Å². The summed E-state index contributed by atoms with van der Waals surface area (Å²) in [6.07, 6.45) is 1.25. The van der Waals surface area contributed by atoms with Gasteiger partial charge < -0.3 is 5.11 Å². The molecule has 0 atom stereocenters. The lowest BCUT2D eigenvalue weighted by Crippen LogP contribution is -2.16. The van der Waals surface area contributed by atoms with Gasteiger partial charge >= 0.3 is 16.2 Å². The maximum atomic E-state index is 13.5. The number of carbonyl (C=O) groups is 1. The van der Waals surface area contributed by atoms with E-state index in [-0.39, 0.29) is 11.5 Å². The van der Waals surface area contributed by atoms with Crippen molar-refractivity contribution in [2.24, 2.45) is 3.77 Å². The molecule has 1 aromatic carbocycles. The van der Waals surface area contributed by atoms with Crippen molar-refractivity contribution in [3.05, 3.63) is 29.6 Å². The van der Waals surface area contributed by atoms with Crippen LogP contribution < -0.4 is 4.72 Å². The molecular weight excluding hydrogens is 323 g/mol. The van der Waals surface area contributed by atoms with Crippen LogP contribution in [0.25, 0.3) is 0 Å². The molecule has 0 bridgehead atoms. The molecule has 2 N–H and O–H groups in total. The Morgan fingerprint density at radius 2 is 1.95 bits per heavy atom. The van der Waals surface area contributed by atoms with E-state index in [0.29, 0.717) is 12.8 Å². The lowest BCUT2D eigenvalue weighted by Gasteiger charge is -2.09. The van der Waals surface area contributed by atoms with Crippen molar-refractivity contribution in [2.45, 2.75) is 12.8 Å². The van der Waals surface area contributed by atoms with Gasteiger partial charge in [-0.1, -0.05) is 9.83 Å². The average molecular weight is 336 g/mol. The highest BCUT2D eigenvalue weighted by atomic mass is 32.3. The van der Waals surface area contributed by atoms with E-state index in [1.165, 1.54) is 0 Å². The SMILES string of the molecule is O=C(O)c1c(F)cccc1NS(=O)(=O)N=S1(=O)CCCC1. The van der Waals surface area contributed by atoms with E-state index in [4.69, 9.17) is 5.11 Å². The number of hydrogen-bond donors (Lipinski definition) is 2. The van der Waals surface area contributed by atoms with Crippen LogP contribution in [0.3, 0.4) is 0 Å². The molecule has 0 aliphatic carbocycles. The largest absolute Gasteiger partial charge is 0.478 e. The first kappa shape index (κ1) is 15.7. The molecular formula is C11H13FN2O5S2. The van der Waals surface area contributed by atoms with Crippen LogP contribution in [0.15, 0.2) is 22.0 Å². The number of halogens is 1. The molecule has 0 amide bonds. The Kier molecular flexibility index (Phi) is 4.19. The van der Waals surface area contributed by atoms with Crippen molar-refractivity contribution in [2.75, 3.05) is 16.2 Å². The summed E-state index contributed by atoms with van der Waals surface area (Å²) in [6.45, 7) is 0. The van der Waals surface area contributed by atoms with Gasteiger partial charge in [0.15, 0.2) is 0 Å². The van der Waals surface area contributed by atoms with Gasteiger partial charge in [0, 0.05) is 11.5 Å². The minimum absolute atomic E-state index is 0.183. The third-order valence-corrected chi connectivity index (χ3v) is 7.08. The average Bonchev–Trinajstić information content (AvgIpc) is 2.73. The molecule has 0 unspecified atom stereocenters. The smallest absolute Gasteiger partial charge is 0.350 e. The predicted octanol–water partition coefficient (Wildman–Crippen LogP) is 1.44. The molecule has 0 saturated carbocycles. The Hall–Kier alpha value is -1.68. The fraction of sp³-hybridized carbons (Fsp3) is 0.364. The topological polar surface area (TPSA) is 113 Å². The van der Waals surface area contributed by atoms with E-state index in [1.807, 2.05) is 4.72 Å². The predicted molar refractivity (Wildman–Crippen MR) is 75.4 cm³/mol. The van der Waals surface area contributed by atoms with Crippen LogP contribution in [0.1, 0.15) is 23.2 Å². The van der Waals surface area contributed by atoms with Crippen molar-refractivity contribution < 1.29 is 26.9 Å². The quantitative estimate of drug-likeness (QED) is 0.864. The first-order chi connectivity index (χ1) is 9.72. The summed E-state index contributed by atoms with van der Waals surface area (Å²) in [7, 11) is -7.22. The Balaban J connectivity index is 2.41. The van der Waals surface area contributed by atoms with E-state index in [0.717, 1.165) is 18.2 Å². The van der Waals surface area contributed by atoms with E-state index in [1.54, 1.807) is 0 Å². The van der Waals surface area contributed by atoms with Crippen LogP contribution in [0.2, 0.25) is 0 Å². The molecule has 0 spiro atoms. The number of carboxylic acids is 1. The molecule has 1 heterocycles. The van der Waals surface area contributed by atoms with Gasteiger partial charge in [-0.15, -0.1) is 0 Å². The van der Waals surface area contributed by atoms with Gasteiger partial charge in [0.25, 0.3) is 0 Å². The highest BCUT2D eigenvalue weighted by Crippen LogP contribution is 2.22. The molecule has 116 valence electrons. The molecule has 1 aromatic rings. The van der Waals surface area contributed by atoms with Crippen molar-refractivity contribution in [3.8, 4) is 0 Å². The van der Waals surface area contributed by atoms with Gasteiger partial charge in [-0.25, -0.2) is 13.4 Å². The first-order valence-corrected chi connectivity index (χ1v) is 9.30. The number of aromatic carboxylic acids is 1. The number of carboxylic acid groups (broad SMARTS) is 1. The van der Waals surface area contributed by atoms with Crippen molar-refractivity contribution in [1.29, 1.82) is 0 Å². The van der Waals surface area contributed by atoms with Gasteiger partial charge in [-0.05, 0) is 25.0 Å². The fourth-order valence-corrected chi connectivity index (χ4v) is 6.13. The molecule has 2 rings (SSSR count). The zero-order valence-electron chi connectivity index (χ0n) is 10.8. The molecule has 1 saturated heterocycles. The Labute approximate surface area is 121 Å². The maximum Gasteiger partial charge on any atom is 0.350 e. The molecule has 7 nitrogen and oxygen atoms in total. The van der Waals surface area contributed by atoms with E-state index in [9.17, 15) is 21.8 Å². The summed E-state index contributed by atoms with van der Waals surface area (Å²) in [5.74, 6) is -2.32. The van der Waals surface area contributed by atoms with E-state index < -0.39 is 43.0 Å². The fourth-order valence-electron chi connectivity index (χ4n) is 1.99.